The second-order valence-corrected chi connectivity index (χ2v) is 5.44. The molecule has 2 aliphatic rings. The zero-order chi connectivity index (χ0) is 18.1. The summed E-state index contributed by atoms with van der Waals surface area (Å²) in [5.74, 6) is -3.18. The molecule has 0 aliphatic carbocycles. The normalized spacial score (nSPS) is 20.8. The number of cyclic esters (lactones) is 1. The molecule has 2 amide bonds. The topological polar surface area (TPSA) is 134 Å². The van der Waals surface area contributed by atoms with E-state index in [0.717, 1.165) is 4.90 Å². The molecule has 1 aromatic carbocycles. The highest BCUT2D eigenvalue weighted by Crippen LogP contribution is 2.26. The first-order valence-electron chi connectivity index (χ1n) is 7.46. The molecular weight excluding hydrogens is 334 g/mol. The molecule has 0 unspecified atom stereocenters. The number of hydrogen-bond donors (Lipinski definition) is 3. The molecule has 1 aromatic rings. The molecule has 0 spiro atoms. The number of nitrogens with zero attached hydrogens (tertiary/aromatic N) is 1. The van der Waals surface area contributed by atoms with Gasteiger partial charge in [-0.3, -0.25) is 14.5 Å². The first-order chi connectivity index (χ1) is 12.0. The van der Waals surface area contributed by atoms with Gasteiger partial charge in [0.15, 0.2) is 11.9 Å². The minimum absolute atomic E-state index is 0.126. The number of hydrogen-bond acceptors (Lipinski definition) is 8. The summed E-state index contributed by atoms with van der Waals surface area (Å²) in [6.45, 7) is -1.06. The van der Waals surface area contributed by atoms with Crippen LogP contribution in [0.3, 0.4) is 0 Å². The quantitative estimate of drug-likeness (QED) is 0.456. The summed E-state index contributed by atoms with van der Waals surface area (Å²) in [5, 5.41) is 28.2. The fraction of sp³-hybridized carbons (Fsp3) is 0.312. The lowest BCUT2D eigenvalue weighted by atomic mass is 10.1. The number of amides is 2. The Bertz CT molecular complexity index is 736. The largest absolute Gasteiger partial charge is 0.499 e. The van der Waals surface area contributed by atoms with Crippen LogP contribution in [0.4, 0.5) is 0 Å². The molecule has 2 atom stereocenters. The molecule has 0 fully saturated rings. The lowest BCUT2D eigenvalue weighted by Crippen LogP contribution is -2.35. The van der Waals surface area contributed by atoms with E-state index in [1.165, 1.54) is 0 Å². The van der Waals surface area contributed by atoms with Crippen LogP contribution in [0.5, 0.6) is 0 Å². The zero-order valence-corrected chi connectivity index (χ0v) is 12.9. The van der Waals surface area contributed by atoms with Crippen molar-refractivity contribution >= 4 is 17.8 Å². The molecule has 9 nitrogen and oxygen atoms in total. The third-order valence-electron chi connectivity index (χ3n) is 3.91. The maximum Gasteiger partial charge on any atom is 0.378 e. The van der Waals surface area contributed by atoms with Gasteiger partial charge in [0.05, 0.1) is 24.3 Å². The van der Waals surface area contributed by atoms with E-state index in [4.69, 9.17) is 14.6 Å². The summed E-state index contributed by atoms with van der Waals surface area (Å²) in [5.41, 5.74) is 0.588. The maximum absolute atomic E-state index is 12.2. The molecule has 0 bridgehead atoms. The first-order valence-corrected chi connectivity index (χ1v) is 7.46. The Balaban J connectivity index is 1.66. The number of fused-ring (bicyclic) bond motifs is 1. The van der Waals surface area contributed by atoms with Crippen LogP contribution in [0.25, 0.3) is 0 Å². The van der Waals surface area contributed by atoms with Crippen molar-refractivity contribution in [2.24, 2.45) is 0 Å². The van der Waals surface area contributed by atoms with E-state index in [9.17, 15) is 24.6 Å². The van der Waals surface area contributed by atoms with Crippen LogP contribution < -0.4 is 0 Å². The Morgan fingerprint density at radius 1 is 1.16 bits per heavy atom. The molecule has 25 heavy (non-hydrogen) atoms. The molecule has 3 rings (SSSR count). The highest BCUT2D eigenvalue weighted by molar-refractivity contribution is 6.21. The van der Waals surface area contributed by atoms with E-state index >= 15 is 0 Å². The van der Waals surface area contributed by atoms with Gasteiger partial charge in [-0.15, -0.1) is 0 Å². The van der Waals surface area contributed by atoms with E-state index in [1.807, 2.05) is 0 Å². The summed E-state index contributed by atoms with van der Waals surface area (Å²) < 4.78 is 9.95. The van der Waals surface area contributed by atoms with Crippen LogP contribution >= 0.6 is 0 Å². The van der Waals surface area contributed by atoms with Gasteiger partial charge in [-0.05, 0) is 12.1 Å². The van der Waals surface area contributed by atoms with Gasteiger partial charge in [-0.25, -0.2) is 4.79 Å². The number of carbonyl (C=O) groups excluding carboxylic acids is 3. The average molecular weight is 349 g/mol. The van der Waals surface area contributed by atoms with Crippen molar-refractivity contribution in [3.63, 3.8) is 0 Å². The molecule has 0 radical (unpaired) electrons. The van der Waals surface area contributed by atoms with E-state index in [0.29, 0.717) is 11.1 Å². The highest BCUT2D eigenvalue weighted by Gasteiger charge is 2.41. The van der Waals surface area contributed by atoms with Gasteiger partial charge in [-0.2, -0.15) is 0 Å². The molecule has 2 heterocycles. The smallest absolute Gasteiger partial charge is 0.378 e. The zero-order valence-electron chi connectivity index (χ0n) is 12.9. The predicted octanol–water partition coefficient (Wildman–Crippen LogP) is -0.653. The second kappa shape index (κ2) is 6.54. The number of esters is 1. The summed E-state index contributed by atoms with van der Waals surface area (Å²) in [6.07, 6.45) is -2.82. The van der Waals surface area contributed by atoms with Gasteiger partial charge in [0.2, 0.25) is 5.76 Å². The molecular formula is C16H15NO8. The van der Waals surface area contributed by atoms with Crippen molar-refractivity contribution in [2.45, 2.75) is 12.2 Å². The van der Waals surface area contributed by atoms with Crippen molar-refractivity contribution in [2.75, 3.05) is 19.8 Å². The Morgan fingerprint density at radius 3 is 2.32 bits per heavy atom. The number of benzene rings is 1. The van der Waals surface area contributed by atoms with Crippen molar-refractivity contribution in [3.05, 3.63) is 46.9 Å². The van der Waals surface area contributed by atoms with Crippen LogP contribution in [0.1, 0.15) is 20.7 Å². The summed E-state index contributed by atoms with van der Waals surface area (Å²) in [6, 6.07) is 6.38. The number of carbonyl (C=O) groups is 3. The standard InChI is InChI=1S/C16H15NO8/c18-7-10(19)12-13(11(20)16(23)25-12)24-6-5-17-14(21)8-3-1-2-4-9(8)15(17)22/h1-4,10,12,18-20H,5-7H2/t10-,12+/m0/s1. The minimum Gasteiger partial charge on any atom is -0.499 e. The number of rotatable bonds is 6. The average Bonchev–Trinajstić information content (AvgIpc) is 3.04. The molecule has 0 saturated carbocycles. The SMILES string of the molecule is O=C1O[C@H]([C@@H](O)CO)C(OCCN2C(=O)c3ccccc3C2=O)=C1O. The van der Waals surface area contributed by atoms with Crippen molar-refractivity contribution in [1.82, 2.24) is 4.90 Å². The monoisotopic (exact) mass is 349 g/mol. The van der Waals surface area contributed by atoms with Crippen molar-refractivity contribution < 1.29 is 39.2 Å². The summed E-state index contributed by atoms with van der Waals surface area (Å²) in [7, 11) is 0. The Hall–Kier alpha value is -2.91. The van der Waals surface area contributed by atoms with E-state index in [1.54, 1.807) is 24.3 Å². The van der Waals surface area contributed by atoms with Gasteiger partial charge in [0.25, 0.3) is 11.8 Å². The molecule has 132 valence electrons. The van der Waals surface area contributed by atoms with Crippen molar-refractivity contribution in [1.29, 1.82) is 0 Å². The first kappa shape index (κ1) is 16.9. The van der Waals surface area contributed by atoms with Gasteiger partial charge in [0, 0.05) is 0 Å². The molecule has 0 saturated heterocycles. The van der Waals surface area contributed by atoms with Gasteiger partial charge >= 0.3 is 5.97 Å². The van der Waals surface area contributed by atoms with Crippen LogP contribution in [-0.2, 0) is 14.3 Å². The lowest BCUT2D eigenvalue weighted by molar-refractivity contribution is -0.148. The maximum atomic E-state index is 12.2. The minimum atomic E-state index is -1.47. The van der Waals surface area contributed by atoms with E-state index in [2.05, 4.69) is 0 Å². The lowest BCUT2D eigenvalue weighted by Gasteiger charge is -2.19. The molecule has 3 N–H and O–H groups in total. The van der Waals surface area contributed by atoms with Crippen molar-refractivity contribution in [3.8, 4) is 0 Å². The number of aliphatic hydroxyl groups excluding tert-OH is 3. The Labute approximate surface area is 141 Å². The molecule has 2 aliphatic heterocycles. The fourth-order valence-corrected chi connectivity index (χ4v) is 2.65. The van der Waals surface area contributed by atoms with Crippen LogP contribution in [-0.4, -0.2) is 70.0 Å². The third-order valence-corrected chi connectivity index (χ3v) is 3.91. The highest BCUT2D eigenvalue weighted by atomic mass is 16.6. The van der Waals surface area contributed by atoms with Crippen LogP contribution in [0.2, 0.25) is 0 Å². The number of aliphatic hydroxyl groups is 3. The van der Waals surface area contributed by atoms with Gasteiger partial charge in [0.1, 0.15) is 12.7 Å². The summed E-state index contributed by atoms with van der Waals surface area (Å²) >= 11 is 0. The van der Waals surface area contributed by atoms with Crippen LogP contribution in [0.15, 0.2) is 35.8 Å². The fourth-order valence-electron chi connectivity index (χ4n) is 2.65. The third kappa shape index (κ3) is 2.83. The summed E-state index contributed by atoms with van der Waals surface area (Å²) in [4.78, 5) is 36.8. The Kier molecular flexibility index (Phi) is 4.43. The number of ether oxygens (including phenoxy) is 2. The second-order valence-electron chi connectivity index (χ2n) is 5.44. The Morgan fingerprint density at radius 2 is 1.76 bits per heavy atom. The van der Waals surface area contributed by atoms with Crippen LogP contribution in [0, 0.1) is 0 Å². The number of imide groups is 1. The van der Waals surface area contributed by atoms with Gasteiger partial charge < -0.3 is 24.8 Å². The predicted molar refractivity (Wildman–Crippen MR) is 80.4 cm³/mol. The molecule has 0 aromatic heterocycles. The van der Waals surface area contributed by atoms with E-state index in [-0.39, 0.29) is 18.9 Å². The van der Waals surface area contributed by atoms with Gasteiger partial charge in [-0.1, -0.05) is 12.1 Å². The molecule has 9 heteroatoms. The van der Waals surface area contributed by atoms with E-state index < -0.39 is 42.4 Å².